The van der Waals surface area contributed by atoms with Crippen LogP contribution < -0.4 is 14.8 Å². The van der Waals surface area contributed by atoms with Crippen LogP contribution in [0.5, 0.6) is 11.5 Å². The Morgan fingerprint density at radius 3 is 2.75 bits per heavy atom. The number of hydrogen-bond acceptors (Lipinski definition) is 5. The maximum absolute atomic E-state index is 12.6. The zero-order valence-corrected chi connectivity index (χ0v) is 18.6. The van der Waals surface area contributed by atoms with E-state index in [2.05, 4.69) is 39.4 Å². The number of para-hydroxylation sites is 1. The number of aromatic nitrogens is 2. The molecule has 0 aliphatic carbocycles. The third-order valence-electron chi connectivity index (χ3n) is 5.52. The van der Waals surface area contributed by atoms with Crippen molar-refractivity contribution in [2.75, 3.05) is 13.7 Å². The van der Waals surface area contributed by atoms with E-state index in [0.717, 1.165) is 30.0 Å². The summed E-state index contributed by atoms with van der Waals surface area (Å²) in [5.41, 5.74) is 3.43. The first-order valence-electron chi connectivity index (χ1n) is 10.6. The number of benzene rings is 2. The lowest BCUT2D eigenvalue weighted by molar-refractivity contribution is 0.0952. The first kappa shape index (κ1) is 21.5. The van der Waals surface area contributed by atoms with Crippen LogP contribution in [0, 0.1) is 13.8 Å². The lowest BCUT2D eigenvalue weighted by Gasteiger charge is -2.12. The second-order valence-corrected chi connectivity index (χ2v) is 7.63. The Hall–Kier alpha value is -3.74. The lowest BCUT2D eigenvalue weighted by Crippen LogP contribution is -2.25. The molecule has 7 heteroatoms. The van der Waals surface area contributed by atoms with Gasteiger partial charge in [-0.1, -0.05) is 23.4 Å². The number of carbonyl (C=O) groups excluding carboxylic acids is 1. The van der Waals surface area contributed by atoms with E-state index in [4.69, 9.17) is 14.0 Å². The first-order chi connectivity index (χ1) is 15.6. The van der Waals surface area contributed by atoms with E-state index in [9.17, 15) is 4.79 Å². The number of rotatable bonds is 9. The number of ether oxygens (including phenoxy) is 2. The summed E-state index contributed by atoms with van der Waals surface area (Å²) in [6.45, 7) is 5.46. The normalized spacial score (nSPS) is 11.0. The molecule has 0 unspecified atom stereocenters. The fourth-order valence-corrected chi connectivity index (χ4v) is 3.67. The van der Waals surface area contributed by atoms with Crippen molar-refractivity contribution in [2.45, 2.75) is 33.4 Å². The molecule has 0 aliphatic heterocycles. The van der Waals surface area contributed by atoms with Crippen LogP contribution >= 0.6 is 0 Å². The highest BCUT2D eigenvalue weighted by molar-refractivity contribution is 5.94. The lowest BCUT2D eigenvalue weighted by atomic mass is 10.2. The molecule has 0 saturated carbocycles. The highest BCUT2D eigenvalue weighted by Crippen LogP contribution is 2.29. The Morgan fingerprint density at radius 1 is 1.12 bits per heavy atom. The average Bonchev–Trinajstić information content (AvgIpc) is 3.37. The third kappa shape index (κ3) is 4.61. The number of aryl methyl sites for hydroxylation is 3. The zero-order valence-electron chi connectivity index (χ0n) is 18.6. The number of methoxy groups -OCH3 is 1. The molecule has 166 valence electrons. The number of nitrogens with one attached hydrogen (secondary N) is 1. The van der Waals surface area contributed by atoms with Crippen LogP contribution in [0.2, 0.25) is 0 Å². The van der Waals surface area contributed by atoms with Crippen LogP contribution in [0.4, 0.5) is 0 Å². The molecule has 0 spiro atoms. The minimum atomic E-state index is -0.141. The highest BCUT2D eigenvalue weighted by Gasteiger charge is 2.14. The SMILES string of the molecule is COc1cc(C(=O)NCCCn2ccc3ccccc32)ccc1OCc1c(C)noc1C. The summed E-state index contributed by atoms with van der Waals surface area (Å²) in [6.07, 6.45) is 2.92. The molecule has 0 bridgehead atoms. The molecule has 0 fully saturated rings. The van der Waals surface area contributed by atoms with Crippen molar-refractivity contribution in [3.8, 4) is 11.5 Å². The fraction of sp³-hybridized carbons (Fsp3) is 0.280. The molecule has 2 aromatic heterocycles. The van der Waals surface area contributed by atoms with Crippen molar-refractivity contribution in [3.05, 3.63) is 77.3 Å². The summed E-state index contributed by atoms with van der Waals surface area (Å²) >= 11 is 0. The van der Waals surface area contributed by atoms with Crippen LogP contribution in [0.15, 0.2) is 59.3 Å². The van der Waals surface area contributed by atoms with Crippen LogP contribution in [0.3, 0.4) is 0 Å². The molecular weight excluding hydrogens is 406 g/mol. The monoisotopic (exact) mass is 433 g/mol. The molecular formula is C25H27N3O4. The second-order valence-electron chi connectivity index (χ2n) is 7.63. The van der Waals surface area contributed by atoms with Crippen molar-refractivity contribution >= 4 is 16.8 Å². The van der Waals surface area contributed by atoms with Crippen LogP contribution in [-0.2, 0) is 13.2 Å². The maximum atomic E-state index is 12.6. The summed E-state index contributed by atoms with van der Waals surface area (Å²) in [5, 5.41) is 8.14. The van der Waals surface area contributed by atoms with Crippen molar-refractivity contribution in [1.29, 1.82) is 0 Å². The maximum Gasteiger partial charge on any atom is 0.251 e. The largest absolute Gasteiger partial charge is 0.493 e. The molecule has 0 aliphatic rings. The van der Waals surface area contributed by atoms with Crippen molar-refractivity contribution < 1.29 is 18.8 Å². The van der Waals surface area contributed by atoms with E-state index in [-0.39, 0.29) is 5.91 Å². The summed E-state index contributed by atoms with van der Waals surface area (Å²) in [4.78, 5) is 12.6. The van der Waals surface area contributed by atoms with Gasteiger partial charge in [0, 0.05) is 30.4 Å². The molecule has 32 heavy (non-hydrogen) atoms. The summed E-state index contributed by atoms with van der Waals surface area (Å²) < 4.78 is 18.7. The number of nitrogens with zero attached hydrogens (tertiary/aromatic N) is 2. The van der Waals surface area contributed by atoms with Gasteiger partial charge >= 0.3 is 0 Å². The molecule has 0 saturated heterocycles. The zero-order chi connectivity index (χ0) is 22.5. The van der Waals surface area contributed by atoms with E-state index in [1.54, 1.807) is 25.3 Å². The van der Waals surface area contributed by atoms with Gasteiger partial charge in [0.2, 0.25) is 0 Å². The number of fused-ring (bicyclic) bond motifs is 1. The van der Waals surface area contributed by atoms with Crippen LogP contribution in [0.25, 0.3) is 10.9 Å². The van der Waals surface area contributed by atoms with Gasteiger partial charge in [0.1, 0.15) is 12.4 Å². The molecule has 0 radical (unpaired) electrons. The third-order valence-corrected chi connectivity index (χ3v) is 5.52. The van der Waals surface area contributed by atoms with Gasteiger partial charge in [-0.25, -0.2) is 0 Å². The van der Waals surface area contributed by atoms with Gasteiger partial charge in [-0.2, -0.15) is 0 Å². The molecule has 1 N–H and O–H groups in total. The van der Waals surface area contributed by atoms with E-state index in [1.165, 1.54) is 10.9 Å². The molecule has 1 amide bonds. The first-order valence-corrected chi connectivity index (χ1v) is 10.6. The summed E-state index contributed by atoms with van der Waals surface area (Å²) in [6, 6.07) is 15.6. The van der Waals surface area contributed by atoms with Gasteiger partial charge in [0.05, 0.1) is 18.4 Å². The predicted molar refractivity (Wildman–Crippen MR) is 122 cm³/mol. The standard InChI is InChI=1S/C25H27N3O4/c1-17-21(18(2)32-27-17)16-31-23-10-9-20(15-24(23)30-3)25(29)26-12-6-13-28-14-11-19-7-4-5-8-22(19)28/h4-5,7-11,14-15H,6,12-13,16H2,1-3H3,(H,26,29). The topological polar surface area (TPSA) is 78.5 Å². The van der Waals surface area contributed by atoms with E-state index >= 15 is 0 Å². The van der Waals surface area contributed by atoms with Crippen molar-refractivity contribution in [2.24, 2.45) is 0 Å². The van der Waals surface area contributed by atoms with Gasteiger partial charge < -0.3 is 23.9 Å². The van der Waals surface area contributed by atoms with Crippen molar-refractivity contribution in [3.63, 3.8) is 0 Å². The Kier molecular flexibility index (Phi) is 6.44. The van der Waals surface area contributed by atoms with Gasteiger partial charge in [-0.15, -0.1) is 0 Å². The predicted octanol–water partition coefficient (Wildman–Crippen LogP) is 4.65. The highest BCUT2D eigenvalue weighted by atomic mass is 16.5. The van der Waals surface area contributed by atoms with E-state index in [1.807, 2.05) is 26.0 Å². The Bertz CT molecular complexity index is 1210. The quantitative estimate of drug-likeness (QED) is 0.389. The Balaban J connectivity index is 1.32. The minimum Gasteiger partial charge on any atom is -0.493 e. The van der Waals surface area contributed by atoms with Gasteiger partial charge in [0.15, 0.2) is 11.5 Å². The number of carbonyl (C=O) groups is 1. The van der Waals surface area contributed by atoms with Gasteiger partial charge in [-0.05, 0) is 56.0 Å². The van der Waals surface area contributed by atoms with Gasteiger partial charge in [-0.3, -0.25) is 4.79 Å². The molecule has 0 atom stereocenters. The second kappa shape index (κ2) is 9.60. The van der Waals surface area contributed by atoms with E-state index < -0.39 is 0 Å². The Labute approximate surface area is 186 Å². The fourth-order valence-electron chi connectivity index (χ4n) is 3.67. The molecule has 4 aromatic rings. The van der Waals surface area contributed by atoms with Gasteiger partial charge in [0.25, 0.3) is 5.91 Å². The van der Waals surface area contributed by atoms with Crippen LogP contribution in [0.1, 0.15) is 33.8 Å². The van der Waals surface area contributed by atoms with Crippen molar-refractivity contribution in [1.82, 2.24) is 15.0 Å². The number of amides is 1. The van der Waals surface area contributed by atoms with Crippen LogP contribution in [-0.4, -0.2) is 29.3 Å². The summed E-state index contributed by atoms with van der Waals surface area (Å²) in [5.74, 6) is 1.65. The molecule has 7 nitrogen and oxygen atoms in total. The van der Waals surface area contributed by atoms with E-state index in [0.29, 0.717) is 30.2 Å². The molecule has 2 heterocycles. The minimum absolute atomic E-state index is 0.141. The molecule has 4 rings (SSSR count). The average molecular weight is 434 g/mol. The molecule has 2 aromatic carbocycles. The smallest absolute Gasteiger partial charge is 0.251 e. The number of hydrogen-bond donors (Lipinski definition) is 1. The Morgan fingerprint density at radius 2 is 1.97 bits per heavy atom. The summed E-state index contributed by atoms with van der Waals surface area (Å²) in [7, 11) is 1.56.